The smallest absolute Gasteiger partial charge is 0.417 e. The average molecular weight is 366 g/mol. The predicted octanol–water partition coefficient (Wildman–Crippen LogP) is 4.63. The molecule has 4 nitrogen and oxygen atoms in total. The van der Waals surface area contributed by atoms with Gasteiger partial charge in [-0.05, 0) is 29.8 Å². The molecule has 0 aliphatic heterocycles. The Kier molecular flexibility index (Phi) is 5.92. The number of ketones is 1. The summed E-state index contributed by atoms with van der Waals surface area (Å²) in [7, 11) is 4.33. The van der Waals surface area contributed by atoms with Gasteiger partial charge < -0.3 is 14.2 Å². The molecule has 138 valence electrons. The number of hydrogen-bond acceptors (Lipinski definition) is 4. The Bertz CT molecular complexity index is 801. The van der Waals surface area contributed by atoms with E-state index in [0.29, 0.717) is 22.8 Å². The van der Waals surface area contributed by atoms with Gasteiger partial charge in [0.1, 0.15) is 0 Å². The number of rotatable bonds is 6. The van der Waals surface area contributed by atoms with Gasteiger partial charge >= 0.3 is 6.18 Å². The fourth-order valence-electron chi connectivity index (χ4n) is 2.40. The van der Waals surface area contributed by atoms with E-state index in [9.17, 15) is 18.0 Å². The van der Waals surface area contributed by atoms with E-state index in [1.165, 1.54) is 39.5 Å². The molecule has 0 N–H and O–H groups in total. The van der Waals surface area contributed by atoms with Crippen molar-refractivity contribution in [2.24, 2.45) is 0 Å². The van der Waals surface area contributed by atoms with Gasteiger partial charge in [-0.2, -0.15) is 13.2 Å². The maximum atomic E-state index is 13.0. The van der Waals surface area contributed by atoms with Gasteiger partial charge in [0.05, 0.1) is 26.9 Å². The second kappa shape index (κ2) is 7.95. The third-order valence-electron chi connectivity index (χ3n) is 3.61. The molecule has 26 heavy (non-hydrogen) atoms. The molecule has 0 spiro atoms. The van der Waals surface area contributed by atoms with Gasteiger partial charge in [-0.1, -0.05) is 24.3 Å². The van der Waals surface area contributed by atoms with Crippen molar-refractivity contribution in [3.8, 4) is 17.2 Å². The van der Waals surface area contributed by atoms with Crippen LogP contribution in [0.25, 0.3) is 6.08 Å². The summed E-state index contributed by atoms with van der Waals surface area (Å²) in [5.74, 6) is 0.358. The van der Waals surface area contributed by atoms with Gasteiger partial charge in [0.25, 0.3) is 0 Å². The van der Waals surface area contributed by atoms with Gasteiger partial charge in [-0.3, -0.25) is 4.79 Å². The van der Waals surface area contributed by atoms with Crippen LogP contribution in [0.3, 0.4) is 0 Å². The Labute approximate surface area is 148 Å². The van der Waals surface area contributed by atoms with Crippen LogP contribution in [0.4, 0.5) is 13.2 Å². The number of methoxy groups -OCH3 is 3. The van der Waals surface area contributed by atoms with Crippen LogP contribution in [0, 0.1) is 0 Å². The second-order valence-corrected chi connectivity index (χ2v) is 5.20. The molecule has 0 aromatic heterocycles. The molecule has 2 aromatic rings. The first-order chi connectivity index (χ1) is 12.3. The van der Waals surface area contributed by atoms with Crippen molar-refractivity contribution in [1.82, 2.24) is 0 Å². The molecule has 0 unspecified atom stereocenters. The molecule has 0 atom stereocenters. The van der Waals surface area contributed by atoms with Gasteiger partial charge in [-0.25, -0.2) is 0 Å². The van der Waals surface area contributed by atoms with E-state index in [1.807, 2.05) is 0 Å². The lowest BCUT2D eigenvalue weighted by atomic mass is 10.0. The normalized spacial score (nSPS) is 11.5. The zero-order valence-electron chi connectivity index (χ0n) is 14.4. The highest BCUT2D eigenvalue weighted by Gasteiger charge is 2.34. The zero-order chi connectivity index (χ0) is 19.3. The molecular weight excluding hydrogens is 349 g/mol. The first-order valence-electron chi connectivity index (χ1n) is 7.50. The summed E-state index contributed by atoms with van der Waals surface area (Å²) in [4.78, 5) is 12.2. The summed E-state index contributed by atoms with van der Waals surface area (Å²) in [5.41, 5.74) is -0.874. The molecule has 2 aromatic carbocycles. The van der Waals surface area contributed by atoms with Crippen molar-refractivity contribution >= 4 is 11.9 Å². The van der Waals surface area contributed by atoms with Crippen molar-refractivity contribution in [3.05, 3.63) is 59.2 Å². The van der Waals surface area contributed by atoms with E-state index >= 15 is 0 Å². The standard InChI is InChI=1S/C19H17F3O4/c1-24-16-10-12(11-17(25-2)18(16)26-3)8-9-15(23)13-6-4-5-7-14(13)19(20,21)22/h4-11H,1-3H3/b9-8+. The number of halogens is 3. The van der Waals surface area contributed by atoms with Crippen LogP contribution in [0.15, 0.2) is 42.5 Å². The molecule has 7 heteroatoms. The van der Waals surface area contributed by atoms with Crippen LogP contribution in [-0.4, -0.2) is 27.1 Å². The van der Waals surface area contributed by atoms with Crippen LogP contribution in [0.5, 0.6) is 17.2 Å². The number of hydrogen-bond donors (Lipinski definition) is 0. The van der Waals surface area contributed by atoms with E-state index in [-0.39, 0.29) is 0 Å². The van der Waals surface area contributed by atoms with E-state index in [1.54, 1.807) is 12.1 Å². The monoisotopic (exact) mass is 366 g/mol. The van der Waals surface area contributed by atoms with Crippen molar-refractivity contribution in [1.29, 1.82) is 0 Å². The molecule has 0 aliphatic carbocycles. The Morgan fingerprint density at radius 3 is 2.04 bits per heavy atom. The summed E-state index contributed by atoms with van der Waals surface area (Å²) in [5, 5.41) is 0. The number of allylic oxidation sites excluding steroid dienone is 1. The minimum absolute atomic E-state index is 0.370. The van der Waals surface area contributed by atoms with Crippen LogP contribution >= 0.6 is 0 Å². The number of alkyl halides is 3. The van der Waals surface area contributed by atoms with Crippen molar-refractivity contribution < 1.29 is 32.2 Å². The SMILES string of the molecule is COc1cc(/C=C/C(=O)c2ccccc2C(F)(F)F)cc(OC)c1OC. The maximum Gasteiger partial charge on any atom is 0.417 e. The van der Waals surface area contributed by atoms with Crippen LogP contribution < -0.4 is 14.2 Å². The van der Waals surface area contributed by atoms with Gasteiger partial charge in [0, 0.05) is 5.56 Å². The third-order valence-corrected chi connectivity index (χ3v) is 3.61. The summed E-state index contributed by atoms with van der Waals surface area (Å²) in [6.45, 7) is 0. The topological polar surface area (TPSA) is 44.8 Å². The lowest BCUT2D eigenvalue weighted by Gasteiger charge is -2.13. The Balaban J connectivity index is 2.38. The molecule has 0 bridgehead atoms. The van der Waals surface area contributed by atoms with Gasteiger partial charge in [-0.15, -0.1) is 0 Å². The molecule has 0 fully saturated rings. The molecule has 0 radical (unpaired) electrons. The van der Waals surface area contributed by atoms with Crippen molar-refractivity contribution in [3.63, 3.8) is 0 Å². The molecule has 0 heterocycles. The van der Waals surface area contributed by atoms with E-state index < -0.39 is 23.1 Å². The summed E-state index contributed by atoms with van der Waals surface area (Å²) in [6.07, 6.45) is -2.14. The number of carbonyl (C=O) groups excluding carboxylic acids is 1. The Hall–Kier alpha value is -2.96. The summed E-state index contributed by atoms with van der Waals surface area (Å²) >= 11 is 0. The van der Waals surface area contributed by atoms with Gasteiger partial charge in [0.2, 0.25) is 5.75 Å². The first-order valence-corrected chi connectivity index (χ1v) is 7.50. The average Bonchev–Trinajstić information content (AvgIpc) is 2.64. The second-order valence-electron chi connectivity index (χ2n) is 5.20. The minimum Gasteiger partial charge on any atom is -0.493 e. The van der Waals surface area contributed by atoms with E-state index in [0.717, 1.165) is 18.2 Å². The fourth-order valence-corrected chi connectivity index (χ4v) is 2.40. The summed E-state index contributed by atoms with van der Waals surface area (Å²) in [6, 6.07) is 7.81. The first kappa shape index (κ1) is 19.4. The van der Waals surface area contributed by atoms with E-state index in [2.05, 4.69) is 0 Å². The number of benzene rings is 2. The maximum absolute atomic E-state index is 13.0. The van der Waals surface area contributed by atoms with E-state index in [4.69, 9.17) is 14.2 Å². The van der Waals surface area contributed by atoms with Gasteiger partial charge in [0.15, 0.2) is 17.3 Å². The largest absolute Gasteiger partial charge is 0.493 e. The van der Waals surface area contributed by atoms with Crippen LogP contribution in [0.1, 0.15) is 21.5 Å². The fraction of sp³-hybridized carbons (Fsp3) is 0.211. The Morgan fingerprint density at radius 1 is 0.962 bits per heavy atom. The Morgan fingerprint density at radius 2 is 1.54 bits per heavy atom. The molecule has 0 saturated carbocycles. The minimum atomic E-state index is -4.60. The molecule has 0 amide bonds. The third kappa shape index (κ3) is 4.17. The zero-order valence-corrected chi connectivity index (χ0v) is 14.4. The van der Waals surface area contributed by atoms with Crippen LogP contribution in [0.2, 0.25) is 0 Å². The molecule has 2 rings (SSSR count). The van der Waals surface area contributed by atoms with Crippen LogP contribution in [-0.2, 0) is 6.18 Å². The highest BCUT2D eigenvalue weighted by molar-refractivity contribution is 6.08. The predicted molar refractivity (Wildman–Crippen MR) is 90.9 cm³/mol. The molecule has 0 aliphatic rings. The molecular formula is C19H17F3O4. The van der Waals surface area contributed by atoms with Crippen molar-refractivity contribution in [2.75, 3.05) is 21.3 Å². The lowest BCUT2D eigenvalue weighted by molar-refractivity contribution is -0.137. The summed E-state index contributed by atoms with van der Waals surface area (Å²) < 4.78 is 54.7. The molecule has 0 saturated heterocycles. The quantitative estimate of drug-likeness (QED) is 0.552. The number of carbonyl (C=O) groups is 1. The lowest BCUT2D eigenvalue weighted by Crippen LogP contribution is -2.11. The van der Waals surface area contributed by atoms with Crippen molar-refractivity contribution in [2.45, 2.75) is 6.18 Å². The highest BCUT2D eigenvalue weighted by Crippen LogP contribution is 2.38. The number of ether oxygens (including phenoxy) is 3. The highest BCUT2D eigenvalue weighted by atomic mass is 19.4.